The zero-order chi connectivity index (χ0) is 20.1. The van der Waals surface area contributed by atoms with Crippen LogP contribution < -0.4 is 10.6 Å². The van der Waals surface area contributed by atoms with Gasteiger partial charge in [0.15, 0.2) is 5.13 Å². The number of hydrogen-bond acceptors (Lipinski definition) is 5. The first-order chi connectivity index (χ1) is 13.4. The van der Waals surface area contributed by atoms with E-state index in [0.29, 0.717) is 24.5 Å². The molecule has 0 atom stereocenters. The zero-order valence-electron chi connectivity index (χ0n) is 15.5. The smallest absolute Gasteiger partial charge is 0.226 e. The number of nitrogens with zero attached hydrogens (tertiary/aromatic N) is 1. The third kappa shape index (κ3) is 5.73. The molecule has 0 saturated heterocycles. The molecule has 2 amide bonds. The molecule has 0 spiro atoms. The maximum atomic E-state index is 12.3. The fraction of sp³-hybridized carbons (Fsp3) is 0.250. The fourth-order valence-electron chi connectivity index (χ4n) is 2.62. The molecule has 5 nitrogen and oxygen atoms in total. The zero-order valence-corrected chi connectivity index (χ0v) is 18.8. The Morgan fingerprint density at radius 2 is 2.00 bits per heavy atom. The van der Waals surface area contributed by atoms with Gasteiger partial charge < -0.3 is 10.6 Å². The number of aromatic nitrogens is 1. The number of carbonyl (C=O) groups is 2. The van der Waals surface area contributed by atoms with Gasteiger partial charge in [0.25, 0.3) is 0 Å². The molecule has 0 radical (unpaired) electrons. The van der Waals surface area contributed by atoms with E-state index in [1.807, 2.05) is 43.3 Å². The Balaban J connectivity index is 1.60. The minimum Gasteiger partial charge on any atom is -0.351 e. The molecule has 0 unspecified atom stereocenters. The van der Waals surface area contributed by atoms with Gasteiger partial charge in [0.1, 0.15) is 0 Å². The summed E-state index contributed by atoms with van der Waals surface area (Å²) in [6.45, 7) is 4.02. The highest BCUT2D eigenvalue weighted by Crippen LogP contribution is 2.34. The van der Waals surface area contributed by atoms with Crippen molar-refractivity contribution in [3.63, 3.8) is 0 Å². The van der Waals surface area contributed by atoms with Crippen molar-refractivity contribution >= 4 is 55.5 Å². The number of carbonyl (C=O) groups excluding carboxylic acids is 2. The summed E-state index contributed by atoms with van der Waals surface area (Å²) in [7, 11) is 0. The molecule has 0 fully saturated rings. The molecule has 0 bridgehead atoms. The Kier molecular flexibility index (Phi) is 6.98. The lowest BCUT2D eigenvalue weighted by atomic mass is 10.1. The molecule has 0 aliphatic heterocycles. The summed E-state index contributed by atoms with van der Waals surface area (Å²) in [4.78, 5) is 31.1. The standard InChI is InChI=1S/C20H20BrN3O2S2/c1-12-19(17-8-7-16(28-17)11-22-13(2)25)24-20(27-12)23-18(26)9-6-14-4-3-5-15(21)10-14/h3-5,7-8,10H,6,9,11H2,1-2H3,(H,22,25)(H,23,24,26). The van der Waals surface area contributed by atoms with Crippen molar-refractivity contribution in [2.24, 2.45) is 0 Å². The number of aryl methyl sites for hydroxylation is 2. The molecule has 0 saturated carbocycles. The van der Waals surface area contributed by atoms with Crippen LogP contribution in [0.2, 0.25) is 0 Å². The van der Waals surface area contributed by atoms with Gasteiger partial charge in [0.05, 0.1) is 17.1 Å². The van der Waals surface area contributed by atoms with Gasteiger partial charge in [-0.05, 0) is 43.2 Å². The van der Waals surface area contributed by atoms with E-state index >= 15 is 0 Å². The number of nitrogens with one attached hydrogen (secondary N) is 2. The molecule has 28 heavy (non-hydrogen) atoms. The first-order valence-corrected chi connectivity index (χ1v) is 11.2. The minimum atomic E-state index is -0.0485. The van der Waals surface area contributed by atoms with Crippen LogP contribution in [-0.2, 0) is 22.6 Å². The molecule has 8 heteroatoms. The second-order valence-corrected chi connectivity index (χ2v) is 9.56. The number of thiophene rings is 1. The van der Waals surface area contributed by atoms with Gasteiger partial charge >= 0.3 is 0 Å². The summed E-state index contributed by atoms with van der Waals surface area (Å²) in [5.74, 6) is -0.0922. The Morgan fingerprint density at radius 1 is 1.18 bits per heavy atom. The van der Waals surface area contributed by atoms with Gasteiger partial charge in [-0.3, -0.25) is 9.59 Å². The summed E-state index contributed by atoms with van der Waals surface area (Å²) >= 11 is 6.52. The molecule has 2 aromatic heterocycles. The lowest BCUT2D eigenvalue weighted by molar-refractivity contribution is -0.119. The lowest BCUT2D eigenvalue weighted by Crippen LogP contribution is -2.17. The van der Waals surface area contributed by atoms with E-state index in [0.717, 1.165) is 30.4 Å². The van der Waals surface area contributed by atoms with Gasteiger partial charge in [-0.25, -0.2) is 4.98 Å². The second-order valence-electron chi connectivity index (χ2n) is 6.28. The predicted octanol–water partition coefficient (Wildman–Crippen LogP) is 5.15. The van der Waals surface area contributed by atoms with Crippen molar-refractivity contribution in [2.45, 2.75) is 33.2 Å². The monoisotopic (exact) mass is 477 g/mol. The second kappa shape index (κ2) is 9.45. The Bertz CT molecular complexity index is 997. The van der Waals surface area contributed by atoms with Gasteiger partial charge in [-0.15, -0.1) is 22.7 Å². The highest BCUT2D eigenvalue weighted by atomic mass is 79.9. The number of benzene rings is 1. The van der Waals surface area contributed by atoms with Crippen molar-refractivity contribution in [3.8, 4) is 10.6 Å². The molecule has 3 aromatic rings. The number of halogens is 1. The van der Waals surface area contributed by atoms with Gasteiger partial charge in [-0.2, -0.15) is 0 Å². The molecular weight excluding hydrogens is 458 g/mol. The molecular formula is C20H20BrN3O2S2. The SMILES string of the molecule is CC(=O)NCc1ccc(-c2nc(NC(=O)CCc3cccc(Br)c3)sc2C)s1. The first kappa shape index (κ1) is 20.7. The Labute approximate surface area is 180 Å². The Hall–Kier alpha value is -2.03. The number of anilines is 1. The van der Waals surface area contributed by atoms with E-state index in [1.165, 1.54) is 18.3 Å². The molecule has 3 rings (SSSR count). The highest BCUT2D eigenvalue weighted by Gasteiger charge is 2.14. The number of thiazole rings is 1. The highest BCUT2D eigenvalue weighted by molar-refractivity contribution is 9.10. The Morgan fingerprint density at radius 3 is 2.75 bits per heavy atom. The maximum absolute atomic E-state index is 12.3. The molecule has 1 aromatic carbocycles. The van der Waals surface area contributed by atoms with E-state index in [-0.39, 0.29) is 11.8 Å². The molecule has 0 aliphatic carbocycles. The van der Waals surface area contributed by atoms with E-state index in [1.54, 1.807) is 11.3 Å². The van der Waals surface area contributed by atoms with Crippen molar-refractivity contribution in [3.05, 3.63) is 56.2 Å². The lowest BCUT2D eigenvalue weighted by Gasteiger charge is -2.03. The third-order valence-electron chi connectivity index (χ3n) is 3.98. The van der Waals surface area contributed by atoms with E-state index in [9.17, 15) is 9.59 Å². The summed E-state index contributed by atoms with van der Waals surface area (Å²) < 4.78 is 1.01. The van der Waals surface area contributed by atoms with Crippen LogP contribution in [0.3, 0.4) is 0 Å². The summed E-state index contributed by atoms with van der Waals surface area (Å²) in [6, 6.07) is 12.0. The van der Waals surface area contributed by atoms with Crippen LogP contribution in [0.15, 0.2) is 40.9 Å². The van der Waals surface area contributed by atoms with E-state index in [4.69, 9.17) is 0 Å². The van der Waals surface area contributed by atoms with Crippen LogP contribution in [0.25, 0.3) is 10.6 Å². The summed E-state index contributed by atoms with van der Waals surface area (Å²) in [5.41, 5.74) is 2.00. The van der Waals surface area contributed by atoms with Crippen LogP contribution in [0, 0.1) is 6.92 Å². The van der Waals surface area contributed by atoms with Crippen molar-refractivity contribution in [1.29, 1.82) is 0 Å². The average Bonchev–Trinajstić information content (AvgIpc) is 3.24. The predicted molar refractivity (Wildman–Crippen MR) is 119 cm³/mol. The normalized spacial score (nSPS) is 10.7. The van der Waals surface area contributed by atoms with Crippen LogP contribution in [-0.4, -0.2) is 16.8 Å². The van der Waals surface area contributed by atoms with Crippen LogP contribution >= 0.6 is 38.6 Å². The van der Waals surface area contributed by atoms with E-state index in [2.05, 4.69) is 31.5 Å². The largest absolute Gasteiger partial charge is 0.351 e. The van der Waals surface area contributed by atoms with Crippen LogP contribution in [0.1, 0.15) is 28.7 Å². The number of rotatable bonds is 7. The number of hydrogen-bond donors (Lipinski definition) is 2. The maximum Gasteiger partial charge on any atom is 0.226 e. The molecule has 2 N–H and O–H groups in total. The molecule has 0 aliphatic rings. The molecule has 2 heterocycles. The minimum absolute atomic E-state index is 0.0437. The first-order valence-electron chi connectivity index (χ1n) is 8.76. The van der Waals surface area contributed by atoms with Crippen molar-refractivity contribution in [1.82, 2.24) is 10.3 Å². The number of amides is 2. The molecule has 146 valence electrons. The summed E-state index contributed by atoms with van der Waals surface area (Å²) in [5, 5.41) is 6.32. The van der Waals surface area contributed by atoms with Crippen LogP contribution in [0.4, 0.5) is 5.13 Å². The van der Waals surface area contributed by atoms with E-state index < -0.39 is 0 Å². The van der Waals surface area contributed by atoms with Crippen molar-refractivity contribution < 1.29 is 9.59 Å². The van der Waals surface area contributed by atoms with Gasteiger partial charge in [-0.1, -0.05) is 28.1 Å². The summed E-state index contributed by atoms with van der Waals surface area (Å²) in [6.07, 6.45) is 1.09. The van der Waals surface area contributed by atoms with Crippen LogP contribution in [0.5, 0.6) is 0 Å². The topological polar surface area (TPSA) is 71.1 Å². The quantitative estimate of drug-likeness (QED) is 0.494. The third-order valence-corrected chi connectivity index (χ3v) is 6.45. The average molecular weight is 478 g/mol. The fourth-order valence-corrected chi connectivity index (χ4v) is 4.97. The van der Waals surface area contributed by atoms with Crippen molar-refractivity contribution in [2.75, 3.05) is 5.32 Å². The van der Waals surface area contributed by atoms with Gasteiger partial charge in [0, 0.05) is 27.6 Å². The van der Waals surface area contributed by atoms with Gasteiger partial charge in [0.2, 0.25) is 11.8 Å².